The van der Waals surface area contributed by atoms with Crippen LogP contribution in [0.5, 0.6) is 11.5 Å². The van der Waals surface area contributed by atoms with Gasteiger partial charge in [-0.05, 0) is 109 Å². The molecule has 0 saturated carbocycles. The molecule has 3 heterocycles. The van der Waals surface area contributed by atoms with Crippen molar-refractivity contribution in [2.75, 3.05) is 9.80 Å². The number of rotatable bonds is 11. The van der Waals surface area contributed by atoms with E-state index in [0.29, 0.717) is 11.5 Å². The Labute approximate surface area is 497 Å². The standard InChI is InChI=1S/C75H77N4O.Pt/c1-70(2,3)53-31-36-66-68(45-53)78(59-41-57(74(12,13)51-27-21-17-22-28-51)39-58(42-59)75(14,15)52-29-23-18-24-30-52)49-77(66)60-40-56(72(7,8)9)43-62(47-60)80-61-33-34-63-64-44-55(73(10,11)50-25-19-16-20-26-50)32-35-65(64)79(67(63)48-61)69-46-54(37-38-76-69)71(4,5)6;/h16-46,49H,1-15H3;/q-3;. The van der Waals surface area contributed by atoms with E-state index in [9.17, 15) is 0 Å². The van der Waals surface area contributed by atoms with E-state index in [4.69, 9.17) is 9.72 Å². The Kier molecular flexibility index (Phi) is 14.8. The van der Waals surface area contributed by atoms with Crippen LogP contribution >= 0.6 is 0 Å². The number of aromatic nitrogens is 2. The van der Waals surface area contributed by atoms with Crippen LogP contribution in [0.25, 0.3) is 27.6 Å². The molecule has 0 aliphatic carbocycles. The maximum Gasteiger partial charge on any atom is 0.135 e. The molecular weight excluding hydrogens is 1170 g/mol. The maximum atomic E-state index is 7.08. The minimum absolute atomic E-state index is 0. The molecule has 2 aromatic heterocycles. The summed E-state index contributed by atoms with van der Waals surface area (Å²) < 4.78 is 9.33. The summed E-state index contributed by atoms with van der Waals surface area (Å²) in [6.45, 7) is 36.7. The van der Waals surface area contributed by atoms with Crippen molar-refractivity contribution < 1.29 is 25.8 Å². The molecule has 0 fully saturated rings. The number of nitrogens with zero attached hydrogens (tertiary/aromatic N) is 4. The molecule has 0 spiro atoms. The fraction of sp³-hybridized carbons (Fsp3) is 0.280. The second kappa shape index (κ2) is 21.0. The molecule has 1 aliphatic rings. The quantitative estimate of drug-likeness (QED) is 0.121. The number of hydrogen-bond acceptors (Lipinski definition) is 4. The van der Waals surface area contributed by atoms with Crippen LogP contribution in [0.4, 0.5) is 22.7 Å². The van der Waals surface area contributed by atoms with Gasteiger partial charge in [-0.2, -0.15) is 6.07 Å². The van der Waals surface area contributed by atoms with Crippen molar-refractivity contribution in [2.45, 2.75) is 136 Å². The van der Waals surface area contributed by atoms with Crippen molar-refractivity contribution in [1.29, 1.82) is 0 Å². The maximum absolute atomic E-state index is 7.08. The summed E-state index contributed by atoms with van der Waals surface area (Å²) in [5.41, 5.74) is 16.1. The van der Waals surface area contributed by atoms with E-state index in [1.54, 1.807) is 0 Å². The molecule has 1 aliphatic heterocycles. The molecule has 0 amide bonds. The van der Waals surface area contributed by atoms with Gasteiger partial charge in [0.25, 0.3) is 0 Å². The first-order chi connectivity index (χ1) is 37.8. The van der Waals surface area contributed by atoms with Crippen molar-refractivity contribution in [1.82, 2.24) is 9.55 Å². The Morgan fingerprint density at radius 2 is 0.926 bits per heavy atom. The van der Waals surface area contributed by atoms with Crippen molar-refractivity contribution in [2.24, 2.45) is 0 Å². The van der Waals surface area contributed by atoms with Crippen LogP contribution in [0.2, 0.25) is 0 Å². The van der Waals surface area contributed by atoms with E-state index in [2.05, 4.69) is 319 Å². The third-order valence-corrected chi connectivity index (χ3v) is 17.1. The smallest absolute Gasteiger partial charge is 0.135 e. The van der Waals surface area contributed by atoms with Crippen LogP contribution in [0, 0.1) is 18.8 Å². The van der Waals surface area contributed by atoms with Crippen LogP contribution in [-0.2, 0) is 53.6 Å². The van der Waals surface area contributed by atoms with Crippen LogP contribution in [0.15, 0.2) is 188 Å². The van der Waals surface area contributed by atoms with E-state index < -0.39 is 0 Å². The molecule has 0 saturated heterocycles. The van der Waals surface area contributed by atoms with E-state index in [-0.39, 0.29) is 53.6 Å². The fourth-order valence-corrected chi connectivity index (χ4v) is 11.4. The van der Waals surface area contributed by atoms with Gasteiger partial charge in [0, 0.05) is 77.6 Å². The number of hydrogen-bond donors (Lipinski definition) is 0. The van der Waals surface area contributed by atoms with Crippen molar-refractivity contribution in [3.05, 3.63) is 257 Å². The largest absolute Gasteiger partial charge is 0.509 e. The summed E-state index contributed by atoms with van der Waals surface area (Å²) >= 11 is 0. The van der Waals surface area contributed by atoms with E-state index in [1.165, 1.54) is 44.5 Å². The number of fused-ring (bicyclic) bond motifs is 4. The zero-order valence-electron chi connectivity index (χ0n) is 50.0. The summed E-state index contributed by atoms with van der Waals surface area (Å²) in [6, 6.07) is 74.3. The summed E-state index contributed by atoms with van der Waals surface area (Å²) in [7, 11) is 0. The first kappa shape index (κ1) is 57.0. The predicted molar refractivity (Wildman–Crippen MR) is 336 cm³/mol. The van der Waals surface area contributed by atoms with Gasteiger partial charge in [-0.25, -0.2) is 4.98 Å². The number of anilines is 4. The molecule has 0 radical (unpaired) electrons. The fourth-order valence-electron chi connectivity index (χ4n) is 11.4. The van der Waals surface area contributed by atoms with Crippen molar-refractivity contribution >= 4 is 44.6 Å². The third kappa shape index (κ3) is 10.8. The zero-order chi connectivity index (χ0) is 56.7. The molecule has 81 heavy (non-hydrogen) atoms. The first-order valence-corrected chi connectivity index (χ1v) is 28.4. The molecule has 11 rings (SSSR count). The average molecular weight is 1250 g/mol. The van der Waals surface area contributed by atoms with Gasteiger partial charge in [0.1, 0.15) is 5.82 Å². The molecule has 0 atom stereocenters. The Morgan fingerprint density at radius 3 is 1.48 bits per heavy atom. The summed E-state index contributed by atoms with van der Waals surface area (Å²) in [6.07, 6.45) is 1.93. The monoisotopic (exact) mass is 1240 g/mol. The summed E-state index contributed by atoms with van der Waals surface area (Å²) in [5.74, 6) is 2.06. The van der Waals surface area contributed by atoms with E-state index in [1.807, 2.05) is 6.20 Å². The van der Waals surface area contributed by atoms with Gasteiger partial charge in [0.15, 0.2) is 0 Å². The molecule has 416 valence electrons. The topological polar surface area (TPSA) is 33.5 Å². The SMILES string of the molecule is CC(C)(C)c1cc(Oc2[c-]c3c(cc2)c2cc(C(C)(C)c4ccccc4)ccc2n3-c2cc(C(C)(C)C)ccn2)[c-]c(N2[CH-]N(c3cc(C(C)(C)c4ccccc4)cc(C(C)(C)c4ccccc4)c3)c3cc(C(C)(C)C)ccc32)c1.[Pt]. The normalized spacial score (nSPS) is 13.4. The van der Waals surface area contributed by atoms with Crippen molar-refractivity contribution in [3.63, 3.8) is 0 Å². The molecule has 5 nitrogen and oxygen atoms in total. The van der Waals surface area contributed by atoms with Crippen LogP contribution in [-0.4, -0.2) is 9.55 Å². The van der Waals surface area contributed by atoms with Crippen LogP contribution in [0.3, 0.4) is 0 Å². The van der Waals surface area contributed by atoms with Gasteiger partial charge < -0.3 is 19.1 Å². The zero-order valence-corrected chi connectivity index (χ0v) is 52.3. The van der Waals surface area contributed by atoms with Gasteiger partial charge in [-0.3, -0.25) is 0 Å². The Balaban J connectivity index is 0.00000736. The third-order valence-electron chi connectivity index (χ3n) is 17.1. The average Bonchev–Trinajstić information content (AvgIpc) is 4.24. The van der Waals surface area contributed by atoms with Gasteiger partial charge in [-0.1, -0.05) is 225 Å². The number of ether oxygens (including phenoxy) is 1. The van der Waals surface area contributed by atoms with Crippen LogP contribution in [0.1, 0.15) is 154 Å². The first-order valence-electron chi connectivity index (χ1n) is 28.4. The molecule has 0 unspecified atom stereocenters. The number of pyridine rings is 1. The van der Waals surface area contributed by atoms with E-state index >= 15 is 0 Å². The van der Waals surface area contributed by atoms with Gasteiger partial charge in [0.2, 0.25) is 0 Å². The minimum atomic E-state index is -0.293. The predicted octanol–water partition coefficient (Wildman–Crippen LogP) is 19.8. The van der Waals surface area contributed by atoms with E-state index in [0.717, 1.165) is 55.9 Å². The van der Waals surface area contributed by atoms with Gasteiger partial charge in [0.05, 0.1) is 0 Å². The van der Waals surface area contributed by atoms with Gasteiger partial charge in [-0.15, -0.1) is 53.6 Å². The molecule has 8 aromatic carbocycles. The second-order valence-electron chi connectivity index (χ2n) is 26.8. The Morgan fingerprint density at radius 1 is 0.395 bits per heavy atom. The minimum Gasteiger partial charge on any atom is -0.509 e. The molecule has 10 aromatic rings. The molecule has 0 bridgehead atoms. The van der Waals surface area contributed by atoms with Crippen molar-refractivity contribution in [3.8, 4) is 17.3 Å². The Hall–Kier alpha value is -7.20. The molecular formula is C75H77N4OPt-3. The second-order valence-corrected chi connectivity index (χ2v) is 26.8. The van der Waals surface area contributed by atoms with Crippen LogP contribution < -0.4 is 14.5 Å². The summed E-state index contributed by atoms with van der Waals surface area (Å²) in [5, 5.41) is 2.22. The Bertz CT molecular complexity index is 3860. The van der Waals surface area contributed by atoms with Gasteiger partial charge >= 0.3 is 0 Å². The number of benzene rings is 8. The summed E-state index contributed by atoms with van der Waals surface area (Å²) in [4.78, 5) is 9.73. The molecule has 6 heteroatoms. The molecule has 0 N–H and O–H groups in total.